The summed E-state index contributed by atoms with van der Waals surface area (Å²) in [4.78, 5) is 26.8. The maximum atomic E-state index is 11.9. The summed E-state index contributed by atoms with van der Waals surface area (Å²) >= 11 is 0. The molecule has 0 atom stereocenters. The van der Waals surface area contributed by atoms with Crippen LogP contribution in [0.2, 0.25) is 0 Å². The number of para-hydroxylation sites is 1. The minimum absolute atomic E-state index is 0.0286. The van der Waals surface area contributed by atoms with Crippen molar-refractivity contribution in [1.82, 2.24) is 4.98 Å². The molecule has 0 aliphatic heterocycles. The second kappa shape index (κ2) is 6.87. The lowest BCUT2D eigenvalue weighted by atomic mass is 9.94. The summed E-state index contributed by atoms with van der Waals surface area (Å²) in [6.07, 6.45) is 0. The molecule has 0 amide bonds. The predicted molar refractivity (Wildman–Crippen MR) is 108 cm³/mol. The lowest BCUT2D eigenvalue weighted by molar-refractivity contribution is 0.0682. The highest BCUT2D eigenvalue weighted by Gasteiger charge is 2.24. The lowest BCUT2D eigenvalue weighted by Gasteiger charge is -2.16. The van der Waals surface area contributed by atoms with Crippen LogP contribution in [-0.4, -0.2) is 41.4 Å². The summed E-state index contributed by atoms with van der Waals surface area (Å²) in [5, 5.41) is 20.9. The first-order chi connectivity index (χ1) is 14.0. The molecule has 0 bridgehead atoms. The van der Waals surface area contributed by atoms with Gasteiger partial charge in [-0.25, -0.2) is 9.59 Å². The van der Waals surface area contributed by atoms with Crippen LogP contribution in [0.1, 0.15) is 20.7 Å². The van der Waals surface area contributed by atoms with Crippen LogP contribution < -0.4 is 9.47 Å². The molecule has 146 valence electrons. The first-order valence-electron chi connectivity index (χ1n) is 8.72. The number of benzene rings is 3. The molecule has 0 unspecified atom stereocenters. The Hall–Kier alpha value is -4.00. The Bertz CT molecular complexity index is 1290. The number of hydrogen-bond donors (Lipinski definition) is 3. The Morgan fingerprint density at radius 1 is 0.897 bits per heavy atom. The van der Waals surface area contributed by atoms with E-state index in [9.17, 15) is 19.8 Å². The number of methoxy groups -OCH3 is 2. The molecule has 1 heterocycles. The summed E-state index contributed by atoms with van der Waals surface area (Å²) in [6.45, 7) is 0. The van der Waals surface area contributed by atoms with Gasteiger partial charge in [-0.15, -0.1) is 0 Å². The van der Waals surface area contributed by atoms with Crippen LogP contribution in [0.4, 0.5) is 0 Å². The fraction of sp³-hybridized carbons (Fsp3) is 0.0909. The van der Waals surface area contributed by atoms with Crippen molar-refractivity contribution in [1.29, 1.82) is 0 Å². The highest BCUT2D eigenvalue weighted by Crippen LogP contribution is 2.46. The third kappa shape index (κ3) is 2.84. The minimum Gasteiger partial charge on any atom is -0.493 e. The topological polar surface area (TPSA) is 109 Å². The Balaban J connectivity index is 2.22. The summed E-state index contributed by atoms with van der Waals surface area (Å²) in [7, 11) is 2.95. The van der Waals surface area contributed by atoms with Gasteiger partial charge in [0, 0.05) is 21.9 Å². The summed E-state index contributed by atoms with van der Waals surface area (Å²) < 4.78 is 11.1. The average Bonchev–Trinajstić information content (AvgIpc) is 3.09. The largest absolute Gasteiger partial charge is 0.493 e. The first kappa shape index (κ1) is 18.4. The minimum atomic E-state index is -1.17. The monoisotopic (exact) mass is 391 g/mol. The molecule has 0 saturated heterocycles. The van der Waals surface area contributed by atoms with Gasteiger partial charge < -0.3 is 24.7 Å². The number of nitrogens with one attached hydrogen (secondary N) is 1. The van der Waals surface area contributed by atoms with Gasteiger partial charge in [-0.05, 0) is 30.3 Å². The summed E-state index contributed by atoms with van der Waals surface area (Å²) in [6, 6.07) is 13.4. The summed E-state index contributed by atoms with van der Waals surface area (Å²) in [5.41, 5.74) is 2.07. The van der Waals surface area contributed by atoms with Gasteiger partial charge >= 0.3 is 11.9 Å². The van der Waals surface area contributed by atoms with Crippen molar-refractivity contribution in [2.75, 3.05) is 14.2 Å². The van der Waals surface area contributed by atoms with Crippen LogP contribution in [0, 0.1) is 0 Å². The Morgan fingerprint density at radius 2 is 1.66 bits per heavy atom. The van der Waals surface area contributed by atoms with Gasteiger partial charge in [0.05, 0.1) is 36.4 Å². The number of aromatic carboxylic acids is 2. The second-order valence-electron chi connectivity index (χ2n) is 6.45. The number of carboxylic acids is 2. The van der Waals surface area contributed by atoms with E-state index in [0.29, 0.717) is 22.6 Å². The van der Waals surface area contributed by atoms with Gasteiger partial charge in [0.15, 0.2) is 11.5 Å². The number of carboxylic acid groups (broad SMARTS) is 2. The van der Waals surface area contributed by atoms with Crippen LogP contribution >= 0.6 is 0 Å². The second-order valence-corrected chi connectivity index (χ2v) is 6.45. The fourth-order valence-electron chi connectivity index (χ4n) is 3.63. The molecule has 29 heavy (non-hydrogen) atoms. The normalized spacial score (nSPS) is 11.0. The van der Waals surface area contributed by atoms with Gasteiger partial charge in [0.1, 0.15) is 0 Å². The first-order valence-corrected chi connectivity index (χ1v) is 8.72. The highest BCUT2D eigenvalue weighted by molar-refractivity contribution is 6.15. The molecule has 0 fully saturated rings. The third-order valence-electron chi connectivity index (χ3n) is 4.91. The predicted octanol–water partition coefficient (Wildman–Crippen LogP) is 4.40. The van der Waals surface area contributed by atoms with Crippen molar-refractivity contribution in [2.45, 2.75) is 0 Å². The summed E-state index contributed by atoms with van der Waals surface area (Å²) in [5.74, 6) is -1.60. The quantitative estimate of drug-likeness (QED) is 0.465. The Labute approximate surface area is 165 Å². The molecule has 3 aromatic carbocycles. The number of carbonyl (C=O) groups is 2. The van der Waals surface area contributed by atoms with Gasteiger partial charge in [0.2, 0.25) is 0 Å². The van der Waals surface area contributed by atoms with E-state index in [2.05, 4.69) is 4.98 Å². The van der Waals surface area contributed by atoms with E-state index >= 15 is 0 Å². The van der Waals surface area contributed by atoms with Crippen molar-refractivity contribution >= 4 is 33.7 Å². The van der Waals surface area contributed by atoms with Gasteiger partial charge in [-0.3, -0.25) is 0 Å². The number of H-pyrrole nitrogens is 1. The molecule has 7 heteroatoms. The van der Waals surface area contributed by atoms with Crippen LogP contribution in [0.3, 0.4) is 0 Å². The van der Waals surface area contributed by atoms with E-state index in [-0.39, 0.29) is 16.7 Å². The number of hydrogen-bond acceptors (Lipinski definition) is 4. The zero-order chi connectivity index (χ0) is 20.7. The van der Waals surface area contributed by atoms with E-state index in [4.69, 9.17) is 9.47 Å². The lowest BCUT2D eigenvalue weighted by Crippen LogP contribution is -2.05. The molecule has 7 nitrogen and oxygen atoms in total. The molecule has 0 spiro atoms. The number of fused-ring (bicyclic) bond motifs is 3. The molecule has 4 aromatic rings. The van der Waals surface area contributed by atoms with Crippen molar-refractivity contribution < 1.29 is 29.3 Å². The van der Waals surface area contributed by atoms with E-state index in [1.165, 1.54) is 32.4 Å². The molecular formula is C22H17NO6. The van der Waals surface area contributed by atoms with E-state index in [1.54, 1.807) is 0 Å². The SMILES string of the molecule is COc1cc2c([nH]c3ccccc32)c(-c2cc(C(=O)O)ccc2C(=O)O)c1OC. The average molecular weight is 391 g/mol. The standard InChI is InChI=1S/C22H17NO6/c1-28-17-10-15-12-5-3-4-6-16(12)23-19(15)18(20(17)29-2)14-9-11(21(24)25)7-8-13(14)22(26)27/h3-10,23H,1-2H3,(H,24,25)(H,26,27). The maximum absolute atomic E-state index is 11.9. The van der Waals surface area contributed by atoms with E-state index in [0.717, 1.165) is 16.3 Å². The molecule has 1 aromatic heterocycles. The Kier molecular flexibility index (Phi) is 4.35. The number of rotatable bonds is 5. The van der Waals surface area contributed by atoms with Crippen LogP contribution in [0.5, 0.6) is 11.5 Å². The molecule has 0 radical (unpaired) electrons. The molecule has 0 aliphatic rings. The van der Waals surface area contributed by atoms with Gasteiger partial charge in [-0.1, -0.05) is 18.2 Å². The van der Waals surface area contributed by atoms with Crippen molar-refractivity contribution in [3.63, 3.8) is 0 Å². The third-order valence-corrected chi connectivity index (χ3v) is 4.91. The van der Waals surface area contributed by atoms with Crippen LogP contribution in [-0.2, 0) is 0 Å². The molecular weight excluding hydrogens is 374 g/mol. The van der Waals surface area contributed by atoms with E-state index < -0.39 is 11.9 Å². The number of ether oxygens (including phenoxy) is 2. The number of aromatic nitrogens is 1. The molecule has 4 rings (SSSR count). The number of aromatic amines is 1. The molecule has 0 aliphatic carbocycles. The van der Waals surface area contributed by atoms with Gasteiger partial charge in [0.25, 0.3) is 0 Å². The molecule has 0 saturated carbocycles. The highest BCUT2D eigenvalue weighted by atomic mass is 16.5. The van der Waals surface area contributed by atoms with Crippen molar-refractivity contribution in [3.8, 4) is 22.6 Å². The molecule has 3 N–H and O–H groups in total. The van der Waals surface area contributed by atoms with Crippen LogP contribution in [0.25, 0.3) is 32.9 Å². The smallest absolute Gasteiger partial charge is 0.336 e. The van der Waals surface area contributed by atoms with Gasteiger partial charge in [-0.2, -0.15) is 0 Å². The fourth-order valence-corrected chi connectivity index (χ4v) is 3.63. The van der Waals surface area contributed by atoms with Crippen LogP contribution in [0.15, 0.2) is 48.5 Å². The van der Waals surface area contributed by atoms with E-state index in [1.807, 2.05) is 30.3 Å². The van der Waals surface area contributed by atoms with Crippen molar-refractivity contribution in [2.24, 2.45) is 0 Å². The maximum Gasteiger partial charge on any atom is 0.336 e. The zero-order valence-electron chi connectivity index (χ0n) is 15.6. The van der Waals surface area contributed by atoms with Crippen molar-refractivity contribution in [3.05, 3.63) is 59.7 Å². The zero-order valence-corrected chi connectivity index (χ0v) is 15.6. The Morgan fingerprint density at radius 3 is 2.31 bits per heavy atom.